The van der Waals surface area contributed by atoms with Gasteiger partial charge < -0.3 is 24.8 Å². The van der Waals surface area contributed by atoms with E-state index in [1.807, 2.05) is 21.1 Å². The molecule has 1 atom stereocenters. The number of quaternary nitrogens is 1. The van der Waals surface area contributed by atoms with Gasteiger partial charge in [-0.15, -0.1) is 11.3 Å². The molecule has 0 saturated heterocycles. The molecule has 0 aliphatic heterocycles. The van der Waals surface area contributed by atoms with Crippen molar-refractivity contribution >= 4 is 45.1 Å². The highest BCUT2D eigenvalue weighted by Gasteiger charge is 2.28. The molecule has 148 valence electrons. The van der Waals surface area contributed by atoms with Crippen molar-refractivity contribution in [2.24, 2.45) is 0 Å². The quantitative estimate of drug-likeness (QED) is 0.615. The average molecular weight is 463 g/mol. The number of aliphatic carboxylic acids is 2. The third-order valence-electron chi connectivity index (χ3n) is 2.55. The van der Waals surface area contributed by atoms with E-state index in [2.05, 4.69) is 21.2 Å². The van der Waals surface area contributed by atoms with Crippen molar-refractivity contribution in [1.82, 2.24) is 5.32 Å². The molecule has 1 heterocycles. The number of amides is 1. The van der Waals surface area contributed by atoms with Crippen molar-refractivity contribution in [3.05, 3.63) is 20.8 Å². The van der Waals surface area contributed by atoms with Crippen LogP contribution in [0.4, 0.5) is 13.2 Å². The first-order valence-corrected chi connectivity index (χ1v) is 8.59. The summed E-state index contributed by atoms with van der Waals surface area (Å²) in [4.78, 5) is 32.2. The van der Waals surface area contributed by atoms with Gasteiger partial charge in [0, 0.05) is 0 Å². The molecule has 0 aromatic carbocycles. The topological polar surface area (TPSA) is 107 Å². The Hall–Kier alpha value is -1.66. The van der Waals surface area contributed by atoms with Gasteiger partial charge in [-0.1, -0.05) is 0 Å². The summed E-state index contributed by atoms with van der Waals surface area (Å²) < 4.78 is 33.0. The van der Waals surface area contributed by atoms with E-state index in [-0.39, 0.29) is 18.4 Å². The first-order valence-electron chi connectivity index (χ1n) is 6.98. The van der Waals surface area contributed by atoms with Gasteiger partial charge in [-0.2, -0.15) is 13.2 Å². The summed E-state index contributed by atoms with van der Waals surface area (Å²) in [5, 5.41) is 20.5. The number of nitrogens with zero attached hydrogens (tertiary/aromatic N) is 1. The van der Waals surface area contributed by atoms with Crippen molar-refractivity contribution in [3.63, 3.8) is 0 Å². The lowest BCUT2D eigenvalue weighted by Crippen LogP contribution is -2.49. The van der Waals surface area contributed by atoms with Crippen LogP contribution in [0.1, 0.15) is 16.1 Å². The third-order valence-corrected chi connectivity index (χ3v) is 4.18. The molecule has 0 bridgehead atoms. The number of carboxylic acids is 2. The van der Waals surface area contributed by atoms with Gasteiger partial charge in [0.15, 0.2) is 0 Å². The van der Waals surface area contributed by atoms with Gasteiger partial charge in [-0.3, -0.25) is 9.59 Å². The van der Waals surface area contributed by atoms with Crippen molar-refractivity contribution < 1.29 is 42.3 Å². The van der Waals surface area contributed by atoms with Gasteiger partial charge in [-0.05, 0) is 28.1 Å². The fourth-order valence-electron chi connectivity index (χ4n) is 1.73. The Morgan fingerprint density at radius 1 is 1.31 bits per heavy atom. The van der Waals surface area contributed by atoms with E-state index >= 15 is 0 Å². The Morgan fingerprint density at radius 3 is 2.12 bits per heavy atom. The predicted molar refractivity (Wildman–Crippen MR) is 89.5 cm³/mol. The molecule has 1 amide bonds. The summed E-state index contributed by atoms with van der Waals surface area (Å²) in [7, 11) is 5.88. The molecule has 0 fully saturated rings. The minimum atomic E-state index is -5.19. The maximum atomic E-state index is 12.0. The van der Waals surface area contributed by atoms with Gasteiger partial charge >= 0.3 is 12.1 Å². The highest BCUT2D eigenvalue weighted by molar-refractivity contribution is 9.11. The van der Waals surface area contributed by atoms with Crippen molar-refractivity contribution in [2.75, 3.05) is 27.7 Å². The van der Waals surface area contributed by atoms with E-state index in [0.717, 1.165) is 3.79 Å². The number of halogens is 4. The summed E-state index contributed by atoms with van der Waals surface area (Å²) in [5.74, 6) is -4.14. The zero-order valence-electron chi connectivity index (χ0n) is 14.1. The van der Waals surface area contributed by atoms with E-state index in [1.54, 1.807) is 12.1 Å². The van der Waals surface area contributed by atoms with E-state index in [9.17, 15) is 22.8 Å². The summed E-state index contributed by atoms with van der Waals surface area (Å²) in [6, 6.07) is 3.13. The van der Waals surface area contributed by atoms with Crippen molar-refractivity contribution in [2.45, 2.75) is 18.6 Å². The van der Waals surface area contributed by atoms with Crippen LogP contribution in [0.3, 0.4) is 0 Å². The van der Waals surface area contributed by atoms with Crippen LogP contribution in [0, 0.1) is 0 Å². The molecular formula is C14H18BrF3N2O5S. The first kappa shape index (κ1) is 24.3. The Kier molecular flexibility index (Phi) is 9.25. The summed E-state index contributed by atoms with van der Waals surface area (Å²) in [5.41, 5.74) is 0. The molecule has 0 aliphatic carbocycles. The number of nitrogens with one attached hydrogen (secondary N) is 1. The van der Waals surface area contributed by atoms with Gasteiger partial charge in [0.05, 0.1) is 48.8 Å². The average Bonchev–Trinajstić information content (AvgIpc) is 2.82. The molecule has 0 saturated carbocycles. The maximum Gasteiger partial charge on any atom is 0.430 e. The van der Waals surface area contributed by atoms with Crippen molar-refractivity contribution in [3.8, 4) is 0 Å². The Labute approximate surface area is 160 Å². The van der Waals surface area contributed by atoms with E-state index in [1.165, 1.54) is 11.3 Å². The maximum absolute atomic E-state index is 12.0. The second-order valence-electron chi connectivity index (χ2n) is 6.13. The van der Waals surface area contributed by atoms with E-state index < -0.39 is 18.1 Å². The summed E-state index contributed by atoms with van der Waals surface area (Å²) in [6.07, 6.45) is -5.27. The highest BCUT2D eigenvalue weighted by atomic mass is 79.9. The number of likely N-dealkylation sites (N-methyl/N-ethyl adjacent to an activating group) is 1. The molecule has 1 aromatic rings. The van der Waals surface area contributed by atoms with E-state index in [4.69, 9.17) is 15.0 Å². The summed E-state index contributed by atoms with van der Waals surface area (Å²) >= 11 is 4.62. The van der Waals surface area contributed by atoms with Gasteiger partial charge in [0.2, 0.25) is 0 Å². The van der Waals surface area contributed by atoms with Crippen LogP contribution in [0.15, 0.2) is 15.9 Å². The molecule has 0 spiro atoms. The predicted octanol–water partition coefficient (Wildman–Crippen LogP) is 1.09. The van der Waals surface area contributed by atoms with Crippen LogP contribution in [0.2, 0.25) is 0 Å². The standard InChI is InChI=1S/C12H17BrN2O3S.C2HF3O2/c1-15(2,3)7-8(6-11(16)17)14-12(18)9-4-5-10(13)19-9;3-2(4,5)1(6)7/h4-5,8H,6-7H2,1-3H3,(H-,14,16,17,18);(H,6,7). The molecule has 0 radical (unpaired) electrons. The molecule has 7 nitrogen and oxygen atoms in total. The van der Waals surface area contributed by atoms with Crippen LogP contribution in [-0.4, -0.2) is 67.3 Å². The number of hydrogen-bond donors (Lipinski definition) is 2. The minimum Gasteiger partial charge on any atom is -0.542 e. The van der Waals surface area contributed by atoms with Crippen LogP contribution >= 0.6 is 27.3 Å². The number of hydrogen-bond acceptors (Lipinski definition) is 5. The fraction of sp³-hybridized carbons (Fsp3) is 0.500. The molecular weight excluding hydrogens is 445 g/mol. The zero-order chi connectivity index (χ0) is 20.7. The Morgan fingerprint density at radius 2 is 1.81 bits per heavy atom. The zero-order valence-corrected chi connectivity index (χ0v) is 16.5. The molecule has 1 rings (SSSR count). The molecule has 1 unspecified atom stereocenters. The Bertz CT molecular complexity index is 643. The smallest absolute Gasteiger partial charge is 0.430 e. The molecule has 26 heavy (non-hydrogen) atoms. The highest BCUT2D eigenvalue weighted by Crippen LogP contribution is 2.22. The lowest BCUT2D eigenvalue weighted by atomic mass is 10.2. The number of rotatable bonds is 6. The van der Waals surface area contributed by atoms with Gasteiger partial charge in [0.25, 0.3) is 5.91 Å². The van der Waals surface area contributed by atoms with Gasteiger partial charge in [0.1, 0.15) is 5.97 Å². The first-order chi connectivity index (χ1) is 11.6. The van der Waals surface area contributed by atoms with Crippen molar-refractivity contribution in [1.29, 1.82) is 0 Å². The number of carboxylic acid groups (broad SMARTS) is 2. The lowest BCUT2D eigenvalue weighted by Gasteiger charge is -2.29. The second kappa shape index (κ2) is 9.88. The minimum absolute atomic E-state index is 0.0756. The second-order valence-corrected chi connectivity index (χ2v) is 8.59. The number of alkyl halides is 3. The van der Waals surface area contributed by atoms with Crippen LogP contribution < -0.4 is 10.4 Å². The lowest BCUT2D eigenvalue weighted by molar-refractivity contribution is -0.871. The monoisotopic (exact) mass is 462 g/mol. The number of carbonyl (C=O) groups excluding carboxylic acids is 2. The van der Waals surface area contributed by atoms with Crippen LogP contribution in [0.25, 0.3) is 0 Å². The van der Waals surface area contributed by atoms with Crippen LogP contribution in [0.5, 0.6) is 0 Å². The SMILES string of the molecule is C[N+](C)(C)CC(CC(=O)O)NC(=O)c1ccc(Br)s1.O=C([O-])C(F)(F)F. The Balaban J connectivity index is 0.000000758. The summed E-state index contributed by atoms with van der Waals surface area (Å²) in [6.45, 7) is 0.560. The molecule has 1 aromatic heterocycles. The van der Waals surface area contributed by atoms with Crippen LogP contribution in [-0.2, 0) is 9.59 Å². The fourth-order valence-corrected chi connectivity index (χ4v) is 3.02. The molecule has 0 aliphatic rings. The largest absolute Gasteiger partial charge is 0.542 e. The normalized spacial score (nSPS) is 12.6. The van der Waals surface area contributed by atoms with E-state index in [0.29, 0.717) is 15.9 Å². The molecule has 12 heteroatoms. The molecule has 2 N–H and O–H groups in total. The third kappa shape index (κ3) is 11.1. The number of thiophene rings is 1. The number of carbonyl (C=O) groups is 3. The van der Waals surface area contributed by atoms with Gasteiger partial charge in [-0.25, -0.2) is 0 Å².